The van der Waals surface area contributed by atoms with Crippen molar-refractivity contribution in [2.75, 3.05) is 25.5 Å². The predicted molar refractivity (Wildman–Crippen MR) is 103 cm³/mol. The number of fused-ring (bicyclic) bond motifs is 1. The van der Waals surface area contributed by atoms with Gasteiger partial charge in [0.1, 0.15) is 0 Å². The van der Waals surface area contributed by atoms with Gasteiger partial charge < -0.3 is 10.2 Å². The van der Waals surface area contributed by atoms with Crippen molar-refractivity contribution in [1.82, 2.24) is 9.62 Å². The molecule has 0 bridgehead atoms. The highest BCUT2D eigenvalue weighted by molar-refractivity contribution is 7.89. The number of rotatable bonds is 5. The lowest BCUT2D eigenvalue weighted by atomic mass is 9.86. The van der Waals surface area contributed by atoms with Crippen molar-refractivity contribution in [3.63, 3.8) is 0 Å². The van der Waals surface area contributed by atoms with E-state index in [1.165, 1.54) is 13.1 Å². The summed E-state index contributed by atoms with van der Waals surface area (Å²) in [6.45, 7) is 3.35. The maximum atomic E-state index is 12.9. The average molecular weight is 394 g/mol. The van der Waals surface area contributed by atoms with Crippen LogP contribution in [0.15, 0.2) is 23.1 Å². The highest BCUT2D eigenvalue weighted by Gasteiger charge is 2.43. The van der Waals surface area contributed by atoms with Crippen molar-refractivity contribution in [2.24, 2.45) is 0 Å². The van der Waals surface area contributed by atoms with Gasteiger partial charge in [-0.05, 0) is 50.5 Å². The molecule has 0 atom stereocenters. The number of nitrogens with zero attached hydrogens (tertiary/aromatic N) is 2. The lowest BCUT2D eigenvalue weighted by Crippen LogP contribution is -2.41. The van der Waals surface area contributed by atoms with Crippen molar-refractivity contribution in [2.45, 2.75) is 55.9 Å². The van der Waals surface area contributed by atoms with E-state index in [-0.39, 0.29) is 29.3 Å². The highest BCUT2D eigenvalue weighted by atomic mass is 32.2. The first-order valence-electron chi connectivity index (χ1n) is 9.23. The Hall–Kier alpha value is -1.93. The monoisotopic (exact) mass is 393 g/mol. The summed E-state index contributed by atoms with van der Waals surface area (Å²) in [6, 6.07) is 4.85. The predicted octanol–water partition coefficient (Wildman–Crippen LogP) is 1.62. The number of sulfonamides is 1. The largest absolute Gasteiger partial charge is 0.352 e. The molecule has 148 valence electrons. The van der Waals surface area contributed by atoms with E-state index in [1.54, 1.807) is 37.9 Å². The molecule has 1 fully saturated rings. The van der Waals surface area contributed by atoms with Crippen LogP contribution in [0.4, 0.5) is 5.69 Å². The van der Waals surface area contributed by atoms with Gasteiger partial charge in [-0.1, -0.05) is 12.8 Å². The molecule has 2 amide bonds. The number of hydrogen-bond acceptors (Lipinski definition) is 4. The second-order valence-corrected chi connectivity index (χ2v) is 10.0. The molecule has 1 aliphatic heterocycles. The number of anilines is 1. The van der Waals surface area contributed by atoms with Crippen LogP contribution in [0.2, 0.25) is 0 Å². The SMILES string of the molecule is CN1C(=O)C(C)(C)c2cc(S(=O)(=O)N(C)CC(=O)NC3CCCC3)ccc21. The summed E-state index contributed by atoms with van der Waals surface area (Å²) in [5.41, 5.74) is 0.610. The fourth-order valence-electron chi connectivity index (χ4n) is 3.92. The Morgan fingerprint density at radius 1 is 1.30 bits per heavy atom. The summed E-state index contributed by atoms with van der Waals surface area (Å²) in [5, 5.41) is 2.90. The van der Waals surface area contributed by atoms with Crippen LogP contribution in [0.25, 0.3) is 0 Å². The summed E-state index contributed by atoms with van der Waals surface area (Å²) in [7, 11) is -0.746. The number of hydrogen-bond donors (Lipinski definition) is 1. The van der Waals surface area contributed by atoms with Crippen molar-refractivity contribution < 1.29 is 18.0 Å². The van der Waals surface area contributed by atoms with Gasteiger partial charge in [-0.2, -0.15) is 4.31 Å². The van der Waals surface area contributed by atoms with E-state index in [4.69, 9.17) is 0 Å². The number of carbonyl (C=O) groups excluding carboxylic acids is 2. The maximum Gasteiger partial charge on any atom is 0.243 e. The Bertz CT molecular complexity index is 873. The molecule has 3 rings (SSSR count). The third-order valence-corrected chi connectivity index (χ3v) is 7.44. The van der Waals surface area contributed by atoms with E-state index < -0.39 is 15.4 Å². The molecule has 27 heavy (non-hydrogen) atoms. The molecule has 1 heterocycles. The van der Waals surface area contributed by atoms with Crippen molar-refractivity contribution >= 4 is 27.5 Å². The Morgan fingerprint density at radius 2 is 1.93 bits per heavy atom. The zero-order chi connectivity index (χ0) is 20.0. The van der Waals surface area contributed by atoms with E-state index in [0.29, 0.717) is 11.3 Å². The number of nitrogens with one attached hydrogen (secondary N) is 1. The minimum Gasteiger partial charge on any atom is -0.352 e. The summed E-state index contributed by atoms with van der Waals surface area (Å²) in [5.74, 6) is -0.360. The Morgan fingerprint density at radius 3 is 2.56 bits per heavy atom. The third kappa shape index (κ3) is 3.48. The number of benzene rings is 1. The zero-order valence-corrected chi connectivity index (χ0v) is 17.1. The van der Waals surface area contributed by atoms with E-state index in [9.17, 15) is 18.0 Å². The minimum absolute atomic E-state index is 0.0728. The van der Waals surface area contributed by atoms with Crippen LogP contribution in [0.5, 0.6) is 0 Å². The second-order valence-electron chi connectivity index (χ2n) is 7.98. The number of carbonyl (C=O) groups is 2. The molecule has 7 nitrogen and oxygen atoms in total. The van der Waals surface area contributed by atoms with Crippen LogP contribution < -0.4 is 10.2 Å². The molecular formula is C19H27N3O4S. The summed E-state index contributed by atoms with van der Waals surface area (Å²) in [4.78, 5) is 26.2. The fourth-order valence-corrected chi connectivity index (χ4v) is 5.08. The summed E-state index contributed by atoms with van der Waals surface area (Å²) < 4.78 is 26.9. The van der Waals surface area contributed by atoms with Crippen molar-refractivity contribution in [1.29, 1.82) is 0 Å². The molecular weight excluding hydrogens is 366 g/mol. The summed E-state index contributed by atoms with van der Waals surface area (Å²) >= 11 is 0. The lowest BCUT2D eigenvalue weighted by Gasteiger charge is -2.20. The Labute approximate surface area is 160 Å². The van der Waals surface area contributed by atoms with E-state index >= 15 is 0 Å². The Kier molecular flexibility index (Phi) is 5.07. The van der Waals surface area contributed by atoms with Crippen LogP contribution >= 0.6 is 0 Å². The van der Waals surface area contributed by atoms with E-state index in [0.717, 1.165) is 30.0 Å². The molecule has 1 N–H and O–H groups in total. The molecule has 0 radical (unpaired) electrons. The van der Waals surface area contributed by atoms with Gasteiger partial charge in [0.15, 0.2) is 0 Å². The smallest absolute Gasteiger partial charge is 0.243 e. The number of amides is 2. The molecule has 1 aliphatic carbocycles. The topological polar surface area (TPSA) is 86.8 Å². The number of likely N-dealkylation sites (N-methyl/N-ethyl adjacent to an activating group) is 2. The summed E-state index contributed by atoms with van der Waals surface area (Å²) in [6.07, 6.45) is 4.08. The van der Waals surface area contributed by atoms with Gasteiger partial charge in [-0.25, -0.2) is 8.42 Å². The van der Waals surface area contributed by atoms with Gasteiger partial charge in [0, 0.05) is 25.8 Å². The maximum absolute atomic E-state index is 12.9. The van der Waals surface area contributed by atoms with E-state index in [2.05, 4.69) is 5.32 Å². The van der Waals surface area contributed by atoms with Gasteiger partial charge in [0.25, 0.3) is 0 Å². The van der Waals surface area contributed by atoms with Crippen LogP contribution in [0.3, 0.4) is 0 Å². The molecule has 1 aromatic carbocycles. The first-order valence-corrected chi connectivity index (χ1v) is 10.7. The standard InChI is InChI=1S/C19H27N3O4S/c1-19(2)15-11-14(9-10-16(15)22(4)18(19)24)27(25,26)21(3)12-17(23)20-13-7-5-6-8-13/h9-11,13H,5-8,12H2,1-4H3,(H,20,23). The van der Waals surface area contributed by atoms with Crippen LogP contribution in [0.1, 0.15) is 45.1 Å². The quantitative estimate of drug-likeness (QED) is 0.824. The third-order valence-electron chi connectivity index (χ3n) is 5.64. The molecule has 1 aromatic rings. The van der Waals surface area contributed by atoms with E-state index in [1.807, 2.05) is 0 Å². The Balaban J connectivity index is 1.80. The highest BCUT2D eigenvalue weighted by Crippen LogP contribution is 2.41. The van der Waals surface area contributed by atoms with Crippen LogP contribution in [-0.2, 0) is 25.0 Å². The first-order chi connectivity index (χ1) is 12.5. The average Bonchev–Trinajstić information content (AvgIpc) is 3.17. The van der Waals surface area contributed by atoms with Gasteiger partial charge >= 0.3 is 0 Å². The van der Waals surface area contributed by atoms with Gasteiger partial charge in [-0.3, -0.25) is 9.59 Å². The first kappa shape index (κ1) is 19.8. The normalized spacial score (nSPS) is 19.6. The van der Waals surface area contributed by atoms with Crippen molar-refractivity contribution in [3.8, 4) is 0 Å². The minimum atomic E-state index is -3.83. The molecule has 2 aliphatic rings. The molecule has 0 aromatic heterocycles. The molecule has 8 heteroatoms. The molecule has 0 saturated heterocycles. The van der Waals surface area contributed by atoms with Gasteiger partial charge in [0.2, 0.25) is 21.8 Å². The molecule has 0 unspecified atom stereocenters. The van der Waals surface area contributed by atoms with Crippen molar-refractivity contribution in [3.05, 3.63) is 23.8 Å². The van der Waals surface area contributed by atoms with Crippen LogP contribution in [0, 0.1) is 0 Å². The van der Waals surface area contributed by atoms with Gasteiger partial charge in [0.05, 0.1) is 16.9 Å². The second kappa shape index (κ2) is 6.91. The molecule has 0 spiro atoms. The lowest BCUT2D eigenvalue weighted by molar-refractivity contribution is -0.122. The zero-order valence-electron chi connectivity index (χ0n) is 16.3. The fraction of sp³-hybridized carbons (Fsp3) is 0.579. The molecule has 1 saturated carbocycles. The van der Waals surface area contributed by atoms with Gasteiger partial charge in [-0.15, -0.1) is 0 Å². The van der Waals surface area contributed by atoms with Crippen LogP contribution in [-0.4, -0.2) is 51.2 Å².